The highest BCUT2D eigenvalue weighted by Crippen LogP contribution is 2.34. The standard InChI is InChI=1S/C11H13NO4/c13-7-1-2-10(14)8(4-7)9-3-6(5-12-9)11(15)16/h1-2,4,6,9,12-14H,3,5H2,(H,15,16). The van der Waals surface area contributed by atoms with E-state index in [2.05, 4.69) is 5.32 Å². The molecule has 1 aliphatic rings. The van der Waals surface area contributed by atoms with Crippen molar-refractivity contribution in [2.75, 3.05) is 6.54 Å². The van der Waals surface area contributed by atoms with Crippen LogP contribution in [0.5, 0.6) is 11.5 Å². The van der Waals surface area contributed by atoms with E-state index in [4.69, 9.17) is 5.11 Å². The van der Waals surface area contributed by atoms with Gasteiger partial charge < -0.3 is 20.6 Å². The van der Waals surface area contributed by atoms with E-state index >= 15 is 0 Å². The second kappa shape index (κ2) is 4.02. The van der Waals surface area contributed by atoms with E-state index in [1.54, 1.807) is 0 Å². The van der Waals surface area contributed by atoms with Crippen molar-refractivity contribution < 1.29 is 20.1 Å². The Balaban J connectivity index is 2.20. The number of aromatic hydroxyl groups is 2. The molecule has 5 heteroatoms. The molecule has 1 saturated heterocycles. The molecular weight excluding hydrogens is 210 g/mol. The van der Waals surface area contributed by atoms with Gasteiger partial charge in [0.25, 0.3) is 0 Å². The van der Waals surface area contributed by atoms with Crippen molar-refractivity contribution in [2.24, 2.45) is 5.92 Å². The van der Waals surface area contributed by atoms with E-state index in [-0.39, 0.29) is 17.5 Å². The Labute approximate surface area is 92.3 Å². The molecule has 0 aromatic heterocycles. The number of hydrogen-bond donors (Lipinski definition) is 4. The predicted molar refractivity (Wildman–Crippen MR) is 56.3 cm³/mol. The highest BCUT2D eigenvalue weighted by molar-refractivity contribution is 5.71. The highest BCUT2D eigenvalue weighted by Gasteiger charge is 2.31. The van der Waals surface area contributed by atoms with Crippen LogP contribution in [0.4, 0.5) is 0 Å². The first-order chi connectivity index (χ1) is 7.58. The van der Waals surface area contributed by atoms with Gasteiger partial charge in [-0.15, -0.1) is 0 Å². The van der Waals surface area contributed by atoms with E-state index in [0.717, 1.165) is 0 Å². The summed E-state index contributed by atoms with van der Waals surface area (Å²) >= 11 is 0. The summed E-state index contributed by atoms with van der Waals surface area (Å²) in [6.45, 7) is 0.384. The second-order valence-electron chi connectivity index (χ2n) is 3.97. The Morgan fingerprint density at radius 2 is 2.12 bits per heavy atom. The molecular formula is C11H13NO4. The van der Waals surface area contributed by atoms with Crippen LogP contribution in [0.2, 0.25) is 0 Å². The smallest absolute Gasteiger partial charge is 0.307 e. The molecule has 1 aromatic carbocycles. The van der Waals surface area contributed by atoms with Gasteiger partial charge in [0.05, 0.1) is 5.92 Å². The molecule has 2 rings (SSSR count). The molecule has 1 aromatic rings. The maximum absolute atomic E-state index is 10.8. The Morgan fingerprint density at radius 3 is 2.75 bits per heavy atom. The van der Waals surface area contributed by atoms with Gasteiger partial charge in [-0.3, -0.25) is 4.79 Å². The quantitative estimate of drug-likeness (QED) is 0.558. The topological polar surface area (TPSA) is 89.8 Å². The van der Waals surface area contributed by atoms with Gasteiger partial charge in [0.15, 0.2) is 0 Å². The molecule has 1 heterocycles. The van der Waals surface area contributed by atoms with Crippen LogP contribution in [0.15, 0.2) is 18.2 Å². The molecule has 2 atom stereocenters. The number of aliphatic carboxylic acids is 1. The summed E-state index contributed by atoms with van der Waals surface area (Å²) in [5.74, 6) is -1.14. The second-order valence-corrected chi connectivity index (χ2v) is 3.97. The van der Waals surface area contributed by atoms with Crippen molar-refractivity contribution in [3.63, 3.8) is 0 Å². The summed E-state index contributed by atoms with van der Waals surface area (Å²) in [7, 11) is 0. The molecule has 0 amide bonds. The van der Waals surface area contributed by atoms with E-state index < -0.39 is 11.9 Å². The lowest BCUT2D eigenvalue weighted by Gasteiger charge is -2.12. The third kappa shape index (κ3) is 1.94. The summed E-state index contributed by atoms with van der Waals surface area (Å²) in [4.78, 5) is 10.8. The fourth-order valence-corrected chi connectivity index (χ4v) is 1.98. The number of phenolic OH excluding ortho intramolecular Hbond substituents is 2. The van der Waals surface area contributed by atoms with Gasteiger partial charge in [0.1, 0.15) is 11.5 Å². The largest absolute Gasteiger partial charge is 0.508 e. The molecule has 86 valence electrons. The van der Waals surface area contributed by atoms with Crippen molar-refractivity contribution in [1.29, 1.82) is 0 Å². The molecule has 5 nitrogen and oxygen atoms in total. The van der Waals surface area contributed by atoms with Crippen LogP contribution in [0.25, 0.3) is 0 Å². The van der Waals surface area contributed by atoms with Gasteiger partial charge in [-0.2, -0.15) is 0 Å². The Kier molecular flexibility index (Phi) is 2.70. The zero-order chi connectivity index (χ0) is 11.7. The molecule has 0 bridgehead atoms. The van der Waals surface area contributed by atoms with Gasteiger partial charge in [0, 0.05) is 18.2 Å². The van der Waals surface area contributed by atoms with Crippen LogP contribution in [-0.4, -0.2) is 27.8 Å². The third-order valence-corrected chi connectivity index (χ3v) is 2.87. The average molecular weight is 223 g/mol. The van der Waals surface area contributed by atoms with Gasteiger partial charge >= 0.3 is 5.97 Å². The molecule has 16 heavy (non-hydrogen) atoms. The number of rotatable bonds is 2. The van der Waals surface area contributed by atoms with Crippen LogP contribution in [0, 0.1) is 5.92 Å². The van der Waals surface area contributed by atoms with E-state index in [1.165, 1.54) is 18.2 Å². The van der Waals surface area contributed by atoms with Crippen LogP contribution in [0.1, 0.15) is 18.0 Å². The van der Waals surface area contributed by atoms with Crippen molar-refractivity contribution in [3.8, 4) is 11.5 Å². The monoisotopic (exact) mass is 223 g/mol. The van der Waals surface area contributed by atoms with E-state index in [0.29, 0.717) is 18.5 Å². The molecule has 0 aliphatic carbocycles. The maximum Gasteiger partial charge on any atom is 0.307 e. The first kappa shape index (κ1) is 10.8. The van der Waals surface area contributed by atoms with Gasteiger partial charge in [0.2, 0.25) is 0 Å². The summed E-state index contributed by atoms with van der Waals surface area (Å²) < 4.78 is 0. The minimum Gasteiger partial charge on any atom is -0.508 e. The average Bonchev–Trinajstić information content (AvgIpc) is 2.70. The zero-order valence-electron chi connectivity index (χ0n) is 8.55. The van der Waals surface area contributed by atoms with Crippen LogP contribution in [0.3, 0.4) is 0 Å². The Morgan fingerprint density at radius 1 is 1.38 bits per heavy atom. The predicted octanol–water partition coefficient (Wildman–Crippen LogP) is 0.833. The number of nitrogens with one attached hydrogen (secondary N) is 1. The van der Waals surface area contributed by atoms with Crippen molar-refractivity contribution in [1.82, 2.24) is 5.32 Å². The van der Waals surface area contributed by atoms with E-state index in [1.807, 2.05) is 0 Å². The van der Waals surface area contributed by atoms with Crippen LogP contribution < -0.4 is 5.32 Å². The van der Waals surface area contributed by atoms with Crippen LogP contribution >= 0.6 is 0 Å². The summed E-state index contributed by atoms with van der Waals surface area (Å²) in [6.07, 6.45) is 0.423. The molecule has 1 aliphatic heterocycles. The van der Waals surface area contributed by atoms with Gasteiger partial charge in [-0.1, -0.05) is 0 Å². The number of phenols is 2. The molecule has 0 saturated carbocycles. The van der Waals surface area contributed by atoms with Gasteiger partial charge in [-0.25, -0.2) is 0 Å². The lowest BCUT2D eigenvalue weighted by Crippen LogP contribution is -2.17. The first-order valence-corrected chi connectivity index (χ1v) is 5.06. The molecule has 0 spiro atoms. The number of carboxylic acids is 1. The molecule has 1 fully saturated rings. The minimum absolute atomic E-state index is 0.0633. The van der Waals surface area contributed by atoms with Crippen molar-refractivity contribution in [2.45, 2.75) is 12.5 Å². The highest BCUT2D eigenvalue weighted by atomic mass is 16.4. The number of carbonyl (C=O) groups is 1. The van der Waals surface area contributed by atoms with E-state index in [9.17, 15) is 15.0 Å². The Bertz CT molecular complexity index is 418. The SMILES string of the molecule is O=C(O)C1CNC(c2cc(O)ccc2O)C1. The summed E-state index contributed by atoms with van der Waals surface area (Å²) in [6, 6.07) is 4.04. The minimum atomic E-state index is -0.838. The normalized spacial score (nSPS) is 24.5. The van der Waals surface area contributed by atoms with Crippen LogP contribution in [-0.2, 0) is 4.79 Å². The maximum atomic E-state index is 10.8. The first-order valence-electron chi connectivity index (χ1n) is 5.06. The van der Waals surface area contributed by atoms with Crippen molar-refractivity contribution in [3.05, 3.63) is 23.8 Å². The van der Waals surface area contributed by atoms with Gasteiger partial charge in [-0.05, 0) is 24.6 Å². The molecule has 2 unspecified atom stereocenters. The number of benzene rings is 1. The third-order valence-electron chi connectivity index (χ3n) is 2.87. The lowest BCUT2D eigenvalue weighted by atomic mass is 9.99. The lowest BCUT2D eigenvalue weighted by molar-refractivity contribution is -0.141. The zero-order valence-corrected chi connectivity index (χ0v) is 8.55. The van der Waals surface area contributed by atoms with Crippen molar-refractivity contribution >= 4 is 5.97 Å². The number of carboxylic acid groups (broad SMARTS) is 1. The fourth-order valence-electron chi connectivity index (χ4n) is 1.98. The molecule has 4 N–H and O–H groups in total. The summed E-state index contributed by atoms with van der Waals surface area (Å²) in [5, 5.41) is 30.8. The number of hydrogen-bond acceptors (Lipinski definition) is 4. The Hall–Kier alpha value is -1.75. The summed E-state index contributed by atoms with van der Waals surface area (Å²) in [5.41, 5.74) is 0.545. The fraction of sp³-hybridized carbons (Fsp3) is 0.364. The molecule has 0 radical (unpaired) electrons.